The van der Waals surface area contributed by atoms with Crippen molar-refractivity contribution >= 4 is 35.2 Å². The van der Waals surface area contributed by atoms with Crippen molar-refractivity contribution < 1.29 is 4.79 Å². The van der Waals surface area contributed by atoms with Gasteiger partial charge in [-0.1, -0.05) is 146 Å². The molecule has 0 bridgehead atoms. The molecule has 1 amide bonds. The highest BCUT2D eigenvalue weighted by Gasteiger charge is 2.29. The van der Waals surface area contributed by atoms with E-state index in [2.05, 4.69) is 49.4 Å². The summed E-state index contributed by atoms with van der Waals surface area (Å²) in [5, 5.41) is 0.858. The Kier molecular flexibility index (Phi) is 10.2. The van der Waals surface area contributed by atoms with Crippen molar-refractivity contribution in [2.75, 3.05) is 6.54 Å². The number of rotatable bonds is 11. The first-order valence-corrected chi connectivity index (χ1v) is 13.9. The summed E-state index contributed by atoms with van der Waals surface area (Å²) in [5.74, 6) is -0.126. The van der Waals surface area contributed by atoms with Crippen LogP contribution in [0.1, 0.15) is 65.7 Å². The van der Waals surface area contributed by atoms with Crippen molar-refractivity contribution in [3.63, 3.8) is 0 Å². The van der Waals surface area contributed by atoms with Crippen molar-refractivity contribution in [2.45, 2.75) is 38.6 Å². The largest absolute Gasteiger partial charge is 0.323 e. The van der Waals surface area contributed by atoms with Crippen LogP contribution < -0.4 is 0 Å². The number of benzene rings is 4. The van der Waals surface area contributed by atoms with Crippen LogP contribution in [0.5, 0.6) is 0 Å². The summed E-state index contributed by atoms with van der Waals surface area (Å²) in [4.78, 5) is 16.3. The Balaban J connectivity index is 1.84. The summed E-state index contributed by atoms with van der Waals surface area (Å²) in [6.45, 7) is 2.69. The molecule has 2 nitrogen and oxygen atoms in total. The lowest BCUT2D eigenvalue weighted by atomic mass is 9.94. The van der Waals surface area contributed by atoms with Gasteiger partial charge in [0.25, 0.3) is 5.91 Å². The van der Waals surface area contributed by atoms with Crippen molar-refractivity contribution in [3.05, 3.63) is 147 Å². The van der Waals surface area contributed by atoms with Gasteiger partial charge in [-0.25, -0.2) is 0 Å². The third-order valence-corrected chi connectivity index (χ3v) is 7.16. The van der Waals surface area contributed by atoms with Crippen molar-refractivity contribution in [3.8, 4) is 0 Å². The third-order valence-electron chi connectivity index (χ3n) is 6.61. The van der Waals surface area contributed by atoms with Gasteiger partial charge in [0.05, 0.1) is 16.6 Å². The van der Waals surface area contributed by atoms with Crippen LogP contribution in [-0.2, 0) is 0 Å². The average Bonchev–Trinajstić information content (AvgIpc) is 2.94. The number of unbranched alkanes of at least 4 members (excludes halogenated alkanes) is 2. The zero-order chi connectivity index (χ0) is 26.7. The smallest absolute Gasteiger partial charge is 0.256 e. The van der Waals surface area contributed by atoms with Crippen LogP contribution in [0.3, 0.4) is 0 Å². The first-order valence-electron chi connectivity index (χ1n) is 13.2. The summed E-state index contributed by atoms with van der Waals surface area (Å²) >= 11 is 12.8. The normalized spacial score (nSPS) is 11.5. The number of carbonyl (C=O) groups excluding carboxylic acids is 1. The van der Waals surface area contributed by atoms with E-state index in [0.717, 1.165) is 42.4 Å². The number of hydrogen-bond acceptors (Lipinski definition) is 1. The van der Waals surface area contributed by atoms with Crippen LogP contribution in [0.25, 0.3) is 6.08 Å². The fourth-order valence-corrected chi connectivity index (χ4v) is 5.21. The van der Waals surface area contributed by atoms with Crippen molar-refractivity contribution in [1.29, 1.82) is 0 Å². The van der Waals surface area contributed by atoms with Crippen LogP contribution in [0, 0.1) is 0 Å². The monoisotopic (exact) mass is 541 g/mol. The van der Waals surface area contributed by atoms with Crippen LogP contribution in [0.2, 0.25) is 10.0 Å². The molecule has 0 aliphatic rings. The van der Waals surface area contributed by atoms with E-state index >= 15 is 0 Å². The van der Waals surface area contributed by atoms with E-state index in [4.69, 9.17) is 23.2 Å². The molecule has 0 aliphatic heterocycles. The predicted octanol–water partition coefficient (Wildman–Crippen LogP) is 9.89. The number of halogens is 2. The Morgan fingerprint density at radius 3 is 1.92 bits per heavy atom. The highest BCUT2D eigenvalue weighted by molar-refractivity contribution is 6.36. The molecule has 38 heavy (non-hydrogen) atoms. The number of hydrogen-bond donors (Lipinski definition) is 0. The maximum absolute atomic E-state index is 14.4. The number of nitrogens with zero attached hydrogens (tertiary/aromatic N) is 1. The molecule has 0 saturated heterocycles. The highest BCUT2D eigenvalue weighted by atomic mass is 35.5. The number of amides is 1. The molecule has 0 fully saturated rings. The van der Waals surface area contributed by atoms with E-state index < -0.39 is 0 Å². The molecule has 0 spiro atoms. The minimum atomic E-state index is -0.290. The molecule has 0 N–H and O–H groups in total. The Morgan fingerprint density at radius 2 is 1.37 bits per heavy atom. The second-order valence-electron chi connectivity index (χ2n) is 9.45. The van der Waals surface area contributed by atoms with Gasteiger partial charge in [-0.15, -0.1) is 0 Å². The van der Waals surface area contributed by atoms with E-state index in [9.17, 15) is 4.79 Å². The predicted molar refractivity (Wildman–Crippen MR) is 161 cm³/mol. The molecule has 4 aromatic carbocycles. The van der Waals surface area contributed by atoms with Gasteiger partial charge in [0.15, 0.2) is 0 Å². The summed E-state index contributed by atoms with van der Waals surface area (Å²) in [6.07, 6.45) is 6.49. The fraction of sp³-hybridized carbons (Fsp3) is 0.206. The lowest BCUT2D eigenvalue weighted by Crippen LogP contribution is -2.37. The Bertz CT molecular complexity index is 1300. The summed E-state index contributed by atoms with van der Waals surface area (Å²) in [5.41, 5.74) is 4.88. The Hall–Kier alpha value is -3.33. The second-order valence-corrected chi connectivity index (χ2v) is 10.3. The van der Waals surface area contributed by atoms with Gasteiger partial charge in [-0.05, 0) is 47.7 Å². The first kappa shape index (κ1) is 27.7. The maximum atomic E-state index is 14.4. The van der Waals surface area contributed by atoms with Gasteiger partial charge >= 0.3 is 0 Å². The van der Waals surface area contributed by atoms with E-state index in [1.807, 2.05) is 59.5 Å². The first-order chi connectivity index (χ1) is 18.6. The van der Waals surface area contributed by atoms with Crippen LogP contribution in [-0.4, -0.2) is 17.4 Å². The minimum absolute atomic E-state index is 0.126. The minimum Gasteiger partial charge on any atom is -0.323 e. The third kappa shape index (κ3) is 7.37. The van der Waals surface area contributed by atoms with Crippen LogP contribution in [0.4, 0.5) is 0 Å². The molecule has 0 aliphatic carbocycles. The van der Waals surface area contributed by atoms with Gasteiger partial charge in [-0.3, -0.25) is 4.79 Å². The van der Waals surface area contributed by atoms with E-state index in [1.54, 1.807) is 18.2 Å². The molecule has 194 valence electrons. The standard InChI is InChI=1S/C34H33Cl2NO/c1-2-3-7-16-27(23-26-14-8-4-9-15-26)25-37(34(38)31-22-21-30(35)24-32(31)36)33(28-17-10-5-11-18-28)29-19-12-6-13-20-29/h4-6,8-15,17-24,33H,2-3,7,16,25H2,1H3/b27-23-. The van der Waals surface area contributed by atoms with Crippen LogP contribution >= 0.6 is 23.2 Å². The highest BCUT2D eigenvalue weighted by Crippen LogP contribution is 2.33. The summed E-state index contributed by atoms with van der Waals surface area (Å²) in [7, 11) is 0. The van der Waals surface area contributed by atoms with E-state index in [1.165, 1.54) is 5.57 Å². The Labute approximate surface area is 236 Å². The molecule has 4 heteroatoms. The molecule has 0 unspecified atom stereocenters. The molecular weight excluding hydrogens is 509 g/mol. The van der Waals surface area contributed by atoms with E-state index in [0.29, 0.717) is 22.2 Å². The molecule has 4 rings (SSSR count). The van der Waals surface area contributed by atoms with Gasteiger partial charge in [0.2, 0.25) is 0 Å². The van der Waals surface area contributed by atoms with Gasteiger partial charge in [0, 0.05) is 11.6 Å². The summed E-state index contributed by atoms with van der Waals surface area (Å²) in [6, 6.07) is 35.5. The zero-order valence-electron chi connectivity index (χ0n) is 21.7. The molecule has 0 atom stereocenters. The topological polar surface area (TPSA) is 20.3 Å². The van der Waals surface area contributed by atoms with Crippen molar-refractivity contribution in [1.82, 2.24) is 4.90 Å². The zero-order valence-corrected chi connectivity index (χ0v) is 23.2. The fourth-order valence-electron chi connectivity index (χ4n) is 4.72. The summed E-state index contributed by atoms with van der Waals surface area (Å²) < 4.78 is 0. The van der Waals surface area contributed by atoms with Gasteiger partial charge < -0.3 is 4.90 Å². The molecule has 0 heterocycles. The maximum Gasteiger partial charge on any atom is 0.256 e. The second kappa shape index (κ2) is 14.0. The molecule has 0 radical (unpaired) electrons. The number of carbonyl (C=O) groups is 1. The average molecular weight is 543 g/mol. The molecular formula is C34H33Cl2NO. The molecule has 4 aromatic rings. The van der Waals surface area contributed by atoms with Crippen molar-refractivity contribution in [2.24, 2.45) is 0 Å². The van der Waals surface area contributed by atoms with Crippen LogP contribution in [0.15, 0.2) is 115 Å². The SMILES string of the molecule is CCCCC/C(=C/c1ccccc1)CN(C(=O)c1ccc(Cl)cc1Cl)C(c1ccccc1)c1ccccc1. The Morgan fingerprint density at radius 1 is 0.789 bits per heavy atom. The van der Waals surface area contributed by atoms with Gasteiger partial charge in [-0.2, -0.15) is 0 Å². The molecule has 0 saturated carbocycles. The quantitative estimate of drug-likeness (QED) is 0.173. The molecule has 0 aromatic heterocycles. The van der Waals surface area contributed by atoms with E-state index in [-0.39, 0.29) is 11.9 Å². The van der Waals surface area contributed by atoms with Gasteiger partial charge in [0.1, 0.15) is 0 Å². The lowest BCUT2D eigenvalue weighted by Gasteiger charge is -2.34. The lowest BCUT2D eigenvalue weighted by molar-refractivity contribution is 0.0723.